The quantitative estimate of drug-likeness (QED) is 0.816. The van der Waals surface area contributed by atoms with Crippen LogP contribution in [0, 0.1) is 0 Å². The molecule has 3 nitrogen and oxygen atoms in total. The minimum atomic E-state index is 0.669. The Morgan fingerprint density at radius 3 is 2.88 bits per heavy atom. The first-order valence-corrected chi connectivity index (χ1v) is 6.52. The fraction of sp³-hybridized carbons (Fsp3) is 0.571. The molecule has 0 spiro atoms. The molecule has 1 heterocycles. The average Bonchev–Trinajstić information content (AvgIpc) is 2.79. The maximum absolute atomic E-state index is 5.74. The molecule has 94 valence electrons. The van der Waals surface area contributed by atoms with Crippen LogP contribution in [0.4, 0.5) is 0 Å². The van der Waals surface area contributed by atoms with Gasteiger partial charge in [0, 0.05) is 19.1 Å². The molecule has 0 bridgehead atoms. The third-order valence-corrected chi connectivity index (χ3v) is 3.38. The summed E-state index contributed by atoms with van der Waals surface area (Å²) in [6.07, 6.45) is 3.70. The molecule has 1 aliphatic rings. The third-order valence-electron chi connectivity index (χ3n) is 3.38. The van der Waals surface area contributed by atoms with E-state index in [1.54, 1.807) is 0 Å². The van der Waals surface area contributed by atoms with Gasteiger partial charge in [0.2, 0.25) is 0 Å². The Bertz CT molecular complexity index is 315. The minimum absolute atomic E-state index is 0.669. The first-order chi connectivity index (χ1) is 8.40. The van der Waals surface area contributed by atoms with Crippen molar-refractivity contribution in [1.82, 2.24) is 4.90 Å². The number of para-hydroxylation sites is 1. The van der Waals surface area contributed by atoms with Gasteiger partial charge in [0.25, 0.3) is 0 Å². The van der Waals surface area contributed by atoms with E-state index < -0.39 is 0 Å². The summed E-state index contributed by atoms with van der Waals surface area (Å²) in [4.78, 5) is 2.49. The highest BCUT2D eigenvalue weighted by Gasteiger charge is 2.23. The lowest BCUT2D eigenvalue weighted by Crippen LogP contribution is -2.34. The summed E-state index contributed by atoms with van der Waals surface area (Å²) >= 11 is 0. The van der Waals surface area contributed by atoms with Crippen molar-refractivity contribution in [2.75, 3.05) is 26.2 Å². The van der Waals surface area contributed by atoms with Crippen LogP contribution in [-0.2, 0) is 0 Å². The van der Waals surface area contributed by atoms with Crippen LogP contribution in [0.2, 0.25) is 0 Å². The summed E-state index contributed by atoms with van der Waals surface area (Å²) in [6, 6.07) is 10.7. The van der Waals surface area contributed by atoms with Gasteiger partial charge in [-0.05, 0) is 37.9 Å². The van der Waals surface area contributed by atoms with Crippen molar-refractivity contribution in [1.29, 1.82) is 0 Å². The van der Waals surface area contributed by atoms with E-state index in [9.17, 15) is 0 Å². The molecule has 0 radical (unpaired) electrons. The molecule has 1 aliphatic heterocycles. The zero-order valence-electron chi connectivity index (χ0n) is 10.3. The Kier molecular flexibility index (Phi) is 4.83. The lowest BCUT2D eigenvalue weighted by Gasteiger charge is -2.23. The Morgan fingerprint density at radius 2 is 2.12 bits per heavy atom. The number of hydrogen-bond donors (Lipinski definition) is 1. The normalized spacial score (nSPS) is 20.6. The molecule has 1 aromatic carbocycles. The highest BCUT2D eigenvalue weighted by atomic mass is 16.5. The van der Waals surface area contributed by atoms with Crippen LogP contribution in [0.1, 0.15) is 19.3 Å². The van der Waals surface area contributed by atoms with Crippen LogP contribution >= 0.6 is 0 Å². The van der Waals surface area contributed by atoms with E-state index in [0.717, 1.165) is 31.9 Å². The summed E-state index contributed by atoms with van der Waals surface area (Å²) < 4.78 is 5.74. The molecule has 1 saturated heterocycles. The van der Waals surface area contributed by atoms with Gasteiger partial charge in [-0.2, -0.15) is 0 Å². The summed E-state index contributed by atoms with van der Waals surface area (Å²) in [6.45, 7) is 3.79. The third kappa shape index (κ3) is 3.72. The fourth-order valence-electron chi connectivity index (χ4n) is 2.51. The summed E-state index contributed by atoms with van der Waals surface area (Å²) in [5, 5.41) is 0. The monoisotopic (exact) mass is 234 g/mol. The predicted molar refractivity (Wildman–Crippen MR) is 70.2 cm³/mol. The fourth-order valence-corrected chi connectivity index (χ4v) is 2.51. The van der Waals surface area contributed by atoms with Gasteiger partial charge in [-0.15, -0.1) is 0 Å². The standard InChI is InChI=1S/C14H22N2O/c15-9-11-16-10-4-5-13(16)8-12-17-14-6-2-1-3-7-14/h1-3,6-7,13H,4-5,8-12,15H2. The van der Waals surface area contributed by atoms with E-state index in [2.05, 4.69) is 4.90 Å². The van der Waals surface area contributed by atoms with Gasteiger partial charge in [-0.3, -0.25) is 4.90 Å². The molecule has 17 heavy (non-hydrogen) atoms. The van der Waals surface area contributed by atoms with Gasteiger partial charge in [-0.1, -0.05) is 18.2 Å². The van der Waals surface area contributed by atoms with E-state index in [1.807, 2.05) is 30.3 Å². The molecule has 0 saturated carbocycles. The topological polar surface area (TPSA) is 38.5 Å². The SMILES string of the molecule is NCCN1CCCC1CCOc1ccccc1. The molecule has 1 unspecified atom stereocenters. The number of likely N-dealkylation sites (tertiary alicyclic amines) is 1. The van der Waals surface area contributed by atoms with Crippen LogP contribution in [0.25, 0.3) is 0 Å². The van der Waals surface area contributed by atoms with Gasteiger partial charge in [0.15, 0.2) is 0 Å². The molecular weight excluding hydrogens is 212 g/mol. The van der Waals surface area contributed by atoms with E-state index in [1.165, 1.54) is 19.4 Å². The Hall–Kier alpha value is -1.06. The van der Waals surface area contributed by atoms with Gasteiger partial charge in [0.1, 0.15) is 5.75 Å². The van der Waals surface area contributed by atoms with Crippen LogP contribution in [0.3, 0.4) is 0 Å². The van der Waals surface area contributed by atoms with E-state index >= 15 is 0 Å². The zero-order chi connectivity index (χ0) is 11.9. The number of ether oxygens (including phenoxy) is 1. The van der Waals surface area contributed by atoms with Gasteiger partial charge in [-0.25, -0.2) is 0 Å². The van der Waals surface area contributed by atoms with Crippen molar-refractivity contribution in [3.8, 4) is 5.75 Å². The van der Waals surface area contributed by atoms with Crippen LogP contribution in [0.5, 0.6) is 5.75 Å². The first kappa shape index (κ1) is 12.4. The zero-order valence-corrected chi connectivity index (χ0v) is 10.3. The van der Waals surface area contributed by atoms with E-state index in [4.69, 9.17) is 10.5 Å². The number of nitrogens with two attached hydrogens (primary N) is 1. The first-order valence-electron chi connectivity index (χ1n) is 6.52. The second-order valence-corrected chi connectivity index (χ2v) is 4.57. The molecule has 1 fully saturated rings. The van der Waals surface area contributed by atoms with Crippen LogP contribution in [-0.4, -0.2) is 37.2 Å². The highest BCUT2D eigenvalue weighted by Crippen LogP contribution is 2.19. The number of rotatable bonds is 6. The van der Waals surface area contributed by atoms with Gasteiger partial charge in [0.05, 0.1) is 6.61 Å². The molecule has 3 heteroatoms. The summed E-state index contributed by atoms with van der Waals surface area (Å²) in [5.41, 5.74) is 5.62. The number of benzene rings is 1. The largest absolute Gasteiger partial charge is 0.494 e. The second kappa shape index (κ2) is 6.62. The molecule has 2 rings (SSSR count). The van der Waals surface area contributed by atoms with Crippen molar-refractivity contribution in [2.45, 2.75) is 25.3 Å². The number of nitrogens with zero attached hydrogens (tertiary/aromatic N) is 1. The van der Waals surface area contributed by atoms with Crippen molar-refractivity contribution >= 4 is 0 Å². The molecule has 2 N–H and O–H groups in total. The molecule has 1 aromatic rings. The van der Waals surface area contributed by atoms with Crippen molar-refractivity contribution in [3.05, 3.63) is 30.3 Å². The maximum atomic E-state index is 5.74. The Balaban J connectivity index is 1.71. The van der Waals surface area contributed by atoms with Gasteiger partial charge >= 0.3 is 0 Å². The summed E-state index contributed by atoms with van der Waals surface area (Å²) in [5.74, 6) is 0.968. The number of hydrogen-bond acceptors (Lipinski definition) is 3. The van der Waals surface area contributed by atoms with Crippen LogP contribution < -0.4 is 10.5 Å². The lowest BCUT2D eigenvalue weighted by atomic mass is 10.1. The van der Waals surface area contributed by atoms with E-state index in [-0.39, 0.29) is 0 Å². The predicted octanol–water partition coefficient (Wildman–Crippen LogP) is 1.88. The molecular formula is C14H22N2O. The average molecular weight is 234 g/mol. The Labute approximate surface area is 104 Å². The molecule has 1 atom stereocenters. The smallest absolute Gasteiger partial charge is 0.119 e. The second-order valence-electron chi connectivity index (χ2n) is 4.57. The molecule has 0 aliphatic carbocycles. The molecule has 0 aromatic heterocycles. The van der Waals surface area contributed by atoms with Crippen molar-refractivity contribution in [3.63, 3.8) is 0 Å². The van der Waals surface area contributed by atoms with Crippen molar-refractivity contribution < 1.29 is 4.74 Å². The summed E-state index contributed by atoms with van der Waals surface area (Å²) in [7, 11) is 0. The van der Waals surface area contributed by atoms with Gasteiger partial charge < -0.3 is 10.5 Å². The van der Waals surface area contributed by atoms with Crippen molar-refractivity contribution in [2.24, 2.45) is 5.73 Å². The lowest BCUT2D eigenvalue weighted by molar-refractivity contribution is 0.209. The minimum Gasteiger partial charge on any atom is -0.494 e. The van der Waals surface area contributed by atoms with E-state index in [0.29, 0.717) is 6.04 Å². The van der Waals surface area contributed by atoms with Crippen LogP contribution in [0.15, 0.2) is 30.3 Å². The highest BCUT2D eigenvalue weighted by molar-refractivity contribution is 5.20. The Morgan fingerprint density at radius 1 is 1.29 bits per heavy atom. The molecule has 0 amide bonds. The maximum Gasteiger partial charge on any atom is 0.119 e.